The van der Waals surface area contributed by atoms with Crippen molar-refractivity contribution >= 4 is 11.9 Å². The first kappa shape index (κ1) is 17.1. The van der Waals surface area contributed by atoms with E-state index in [1.807, 2.05) is 12.2 Å². The molecular formula is C17H19F2NO3. The maximum Gasteiger partial charge on any atom is 0.305 e. The highest BCUT2D eigenvalue weighted by atomic mass is 19.2. The summed E-state index contributed by atoms with van der Waals surface area (Å²) in [7, 11) is 0. The van der Waals surface area contributed by atoms with Gasteiger partial charge in [-0.05, 0) is 37.0 Å². The number of rotatable bonds is 6. The molecule has 1 atom stereocenters. The van der Waals surface area contributed by atoms with Crippen LogP contribution in [0.25, 0.3) is 0 Å². The summed E-state index contributed by atoms with van der Waals surface area (Å²) in [4.78, 5) is 24.8. The van der Waals surface area contributed by atoms with E-state index in [4.69, 9.17) is 5.11 Å². The fourth-order valence-electron chi connectivity index (χ4n) is 2.63. The molecule has 0 heterocycles. The van der Waals surface area contributed by atoms with Gasteiger partial charge in [0.05, 0.1) is 6.42 Å². The lowest BCUT2D eigenvalue weighted by Crippen LogP contribution is -2.37. The summed E-state index contributed by atoms with van der Waals surface area (Å²) in [6.45, 7) is 0.122. The number of halogens is 2. The largest absolute Gasteiger partial charge is 0.481 e. The van der Waals surface area contributed by atoms with Crippen LogP contribution in [0, 0.1) is 17.6 Å². The molecule has 1 aromatic carbocycles. The van der Waals surface area contributed by atoms with E-state index in [0.29, 0.717) is 12.0 Å². The van der Waals surface area contributed by atoms with Gasteiger partial charge in [0.1, 0.15) is 0 Å². The Morgan fingerprint density at radius 1 is 1.22 bits per heavy atom. The summed E-state index contributed by atoms with van der Waals surface area (Å²) in [5, 5.41) is 8.84. The fourth-order valence-corrected chi connectivity index (χ4v) is 2.63. The van der Waals surface area contributed by atoms with Gasteiger partial charge in [-0.15, -0.1) is 0 Å². The molecule has 1 aliphatic carbocycles. The molecule has 1 N–H and O–H groups in total. The lowest BCUT2D eigenvalue weighted by atomic mass is 9.93. The minimum Gasteiger partial charge on any atom is -0.481 e. The molecular weight excluding hydrogens is 304 g/mol. The maximum absolute atomic E-state index is 13.3. The van der Waals surface area contributed by atoms with Gasteiger partial charge in [-0.3, -0.25) is 9.59 Å². The first-order valence-corrected chi connectivity index (χ1v) is 7.57. The van der Waals surface area contributed by atoms with Gasteiger partial charge in [-0.2, -0.15) is 0 Å². The van der Waals surface area contributed by atoms with Gasteiger partial charge >= 0.3 is 5.97 Å². The third-order valence-electron chi connectivity index (χ3n) is 3.88. The lowest BCUT2D eigenvalue weighted by molar-refractivity contribution is -0.140. The molecule has 1 aromatic rings. The van der Waals surface area contributed by atoms with E-state index in [9.17, 15) is 18.4 Å². The molecule has 1 aliphatic rings. The lowest BCUT2D eigenvalue weighted by Gasteiger charge is -2.27. The highest BCUT2D eigenvalue weighted by molar-refractivity contribution is 5.79. The van der Waals surface area contributed by atoms with E-state index in [2.05, 4.69) is 0 Å². The maximum atomic E-state index is 13.3. The van der Waals surface area contributed by atoms with Crippen molar-refractivity contribution in [1.29, 1.82) is 0 Å². The number of hydrogen-bond acceptors (Lipinski definition) is 2. The summed E-state index contributed by atoms with van der Waals surface area (Å²) >= 11 is 0. The molecule has 0 unspecified atom stereocenters. The minimum atomic E-state index is -1.00. The molecule has 0 radical (unpaired) electrons. The van der Waals surface area contributed by atoms with Gasteiger partial charge in [0.15, 0.2) is 11.6 Å². The van der Waals surface area contributed by atoms with Crippen molar-refractivity contribution in [2.24, 2.45) is 5.92 Å². The van der Waals surface area contributed by atoms with Gasteiger partial charge < -0.3 is 10.0 Å². The van der Waals surface area contributed by atoms with E-state index in [-0.39, 0.29) is 31.3 Å². The van der Waals surface area contributed by atoms with Crippen LogP contribution in [0.15, 0.2) is 30.4 Å². The average molecular weight is 323 g/mol. The van der Waals surface area contributed by atoms with E-state index in [1.54, 1.807) is 0 Å². The number of allylic oxidation sites excluding steroid dienone is 2. The Bertz CT molecular complexity index is 616. The Balaban J connectivity index is 2.12. The standard InChI is InChI=1S/C17H19F2NO3/c18-14-7-6-12(10-15(14)19)11-20(9-8-16(21)22)17(23)13-4-2-1-3-5-13/h1-2,6-7,10,13H,3-5,8-9,11H2,(H,21,22)/t13-/m0/s1. The molecule has 6 heteroatoms. The Hall–Kier alpha value is -2.24. The van der Waals surface area contributed by atoms with Crippen LogP contribution in [0.1, 0.15) is 31.2 Å². The summed E-state index contributed by atoms with van der Waals surface area (Å²) in [6.07, 6.45) is 5.93. The first-order valence-electron chi connectivity index (χ1n) is 7.57. The molecule has 0 aliphatic heterocycles. The minimum absolute atomic E-state index is 0.0490. The third kappa shape index (κ3) is 4.87. The highest BCUT2D eigenvalue weighted by Gasteiger charge is 2.25. The molecule has 0 saturated heterocycles. The van der Waals surface area contributed by atoms with Crippen molar-refractivity contribution in [1.82, 2.24) is 4.90 Å². The van der Waals surface area contributed by atoms with Crippen LogP contribution >= 0.6 is 0 Å². The van der Waals surface area contributed by atoms with Crippen molar-refractivity contribution in [2.45, 2.75) is 32.2 Å². The number of carboxylic acids is 1. The van der Waals surface area contributed by atoms with Gasteiger partial charge in [-0.1, -0.05) is 18.2 Å². The number of carboxylic acid groups (broad SMARTS) is 1. The molecule has 0 fully saturated rings. The number of carbonyl (C=O) groups is 2. The van der Waals surface area contributed by atoms with Crippen LogP contribution in [-0.2, 0) is 16.1 Å². The van der Waals surface area contributed by atoms with Crippen LogP contribution in [0.5, 0.6) is 0 Å². The van der Waals surface area contributed by atoms with Crippen LogP contribution in [-0.4, -0.2) is 28.4 Å². The summed E-state index contributed by atoms with van der Waals surface area (Å²) in [5.41, 5.74) is 0.439. The fraction of sp³-hybridized carbons (Fsp3) is 0.412. The second-order valence-corrected chi connectivity index (χ2v) is 5.63. The number of nitrogens with zero attached hydrogens (tertiary/aromatic N) is 1. The van der Waals surface area contributed by atoms with Crippen molar-refractivity contribution in [3.8, 4) is 0 Å². The number of hydrogen-bond donors (Lipinski definition) is 1. The number of carbonyl (C=O) groups excluding carboxylic acids is 1. The second kappa shape index (κ2) is 7.85. The van der Waals surface area contributed by atoms with Crippen molar-refractivity contribution in [3.05, 3.63) is 47.5 Å². The number of aliphatic carboxylic acids is 1. The smallest absolute Gasteiger partial charge is 0.305 e. The van der Waals surface area contributed by atoms with Crippen molar-refractivity contribution in [2.75, 3.05) is 6.54 Å². The zero-order valence-electron chi connectivity index (χ0n) is 12.7. The van der Waals surface area contributed by atoms with Gasteiger partial charge in [0.25, 0.3) is 0 Å². The van der Waals surface area contributed by atoms with E-state index in [1.165, 1.54) is 11.0 Å². The predicted molar refractivity (Wildman–Crippen MR) is 80.5 cm³/mol. The third-order valence-corrected chi connectivity index (χ3v) is 3.88. The van der Waals surface area contributed by atoms with Crippen LogP contribution in [0.4, 0.5) is 8.78 Å². The molecule has 124 valence electrons. The predicted octanol–water partition coefficient (Wildman–Crippen LogP) is 3.12. The highest BCUT2D eigenvalue weighted by Crippen LogP contribution is 2.22. The quantitative estimate of drug-likeness (QED) is 0.818. The molecule has 4 nitrogen and oxygen atoms in total. The Morgan fingerprint density at radius 2 is 2.00 bits per heavy atom. The van der Waals surface area contributed by atoms with Gasteiger partial charge in [0, 0.05) is 19.0 Å². The molecule has 0 bridgehead atoms. The normalized spacial score (nSPS) is 17.0. The van der Waals surface area contributed by atoms with Crippen LogP contribution < -0.4 is 0 Å². The zero-order chi connectivity index (χ0) is 16.8. The van der Waals surface area contributed by atoms with Crippen LogP contribution in [0.2, 0.25) is 0 Å². The number of amides is 1. The molecule has 0 saturated carbocycles. The second-order valence-electron chi connectivity index (χ2n) is 5.63. The SMILES string of the molecule is O=C(O)CCN(Cc1ccc(F)c(F)c1)C(=O)[C@H]1CC=CCC1. The summed E-state index contributed by atoms with van der Waals surface area (Å²) in [5.74, 6) is -3.25. The molecule has 1 amide bonds. The zero-order valence-corrected chi connectivity index (χ0v) is 12.7. The Morgan fingerprint density at radius 3 is 2.61 bits per heavy atom. The van der Waals surface area contributed by atoms with Crippen molar-refractivity contribution in [3.63, 3.8) is 0 Å². The summed E-state index contributed by atoms with van der Waals surface area (Å²) in [6, 6.07) is 3.45. The Kier molecular flexibility index (Phi) is 5.84. The van der Waals surface area contributed by atoms with Crippen LogP contribution in [0.3, 0.4) is 0 Å². The molecule has 0 spiro atoms. The van der Waals surface area contributed by atoms with E-state index in [0.717, 1.165) is 25.0 Å². The number of benzene rings is 1. The monoisotopic (exact) mass is 323 g/mol. The molecule has 0 aromatic heterocycles. The molecule has 2 rings (SSSR count). The average Bonchev–Trinajstić information content (AvgIpc) is 2.54. The molecule has 23 heavy (non-hydrogen) atoms. The van der Waals surface area contributed by atoms with E-state index < -0.39 is 17.6 Å². The topological polar surface area (TPSA) is 57.6 Å². The van der Waals surface area contributed by atoms with Crippen molar-refractivity contribution < 1.29 is 23.5 Å². The van der Waals surface area contributed by atoms with Gasteiger partial charge in [-0.25, -0.2) is 8.78 Å². The first-order chi connectivity index (χ1) is 11.0. The summed E-state index contributed by atoms with van der Waals surface area (Å²) < 4.78 is 26.3. The van der Waals surface area contributed by atoms with E-state index >= 15 is 0 Å². The Labute approximate surface area is 133 Å². The van der Waals surface area contributed by atoms with Gasteiger partial charge in [0.2, 0.25) is 5.91 Å².